The van der Waals surface area contributed by atoms with Crippen LogP contribution in [0.5, 0.6) is 0 Å². The Morgan fingerprint density at radius 2 is 2.44 bits per heavy atom. The minimum Gasteiger partial charge on any atom is -0.469 e. The second-order valence-electron chi connectivity index (χ2n) is 3.85. The van der Waals surface area contributed by atoms with Gasteiger partial charge in [-0.3, -0.25) is 4.79 Å². The minimum absolute atomic E-state index is 0.171. The van der Waals surface area contributed by atoms with Crippen molar-refractivity contribution >= 4 is 5.97 Å². The molecule has 0 aromatic heterocycles. The lowest BCUT2D eigenvalue weighted by Crippen LogP contribution is -2.32. The number of hydrogen-bond acceptors (Lipinski definition) is 3. The number of carbonyl (C=O) groups is 1. The van der Waals surface area contributed by atoms with E-state index in [0.717, 1.165) is 18.5 Å². The summed E-state index contributed by atoms with van der Waals surface area (Å²) >= 11 is 0. The molecule has 1 aromatic carbocycles. The molecule has 2 rings (SSSR count). The molecule has 0 saturated heterocycles. The normalized spacial score (nSPS) is 19.0. The molecule has 1 N–H and O–H groups in total. The minimum atomic E-state index is -0.325. The van der Waals surface area contributed by atoms with Gasteiger partial charge < -0.3 is 10.1 Å². The zero-order valence-electron chi connectivity index (χ0n) is 9.13. The molecule has 0 aliphatic carbocycles. The summed E-state index contributed by atoms with van der Waals surface area (Å²) < 4.78 is 18.3. The van der Waals surface area contributed by atoms with Crippen LogP contribution in [-0.4, -0.2) is 19.6 Å². The summed E-state index contributed by atoms with van der Waals surface area (Å²) in [6, 6.07) is 4.77. The van der Waals surface area contributed by atoms with Gasteiger partial charge in [0.1, 0.15) is 5.82 Å². The second kappa shape index (κ2) is 4.61. The van der Waals surface area contributed by atoms with E-state index in [0.29, 0.717) is 5.56 Å². The number of hydrogen-bond donors (Lipinski definition) is 1. The standard InChI is InChI=1S/C12H14FNO2/c1-16-11(15)7-10-12-8(5-6-14-10)3-2-4-9(12)13/h2-4,10,14H,5-7H2,1H3. The predicted octanol–water partition coefficient (Wildman–Crippen LogP) is 1.58. The highest BCUT2D eigenvalue weighted by molar-refractivity contribution is 5.70. The third-order valence-electron chi connectivity index (χ3n) is 2.88. The molecule has 0 radical (unpaired) electrons. The van der Waals surface area contributed by atoms with E-state index in [2.05, 4.69) is 10.1 Å². The first-order valence-electron chi connectivity index (χ1n) is 5.30. The molecular weight excluding hydrogens is 209 g/mol. The van der Waals surface area contributed by atoms with E-state index in [1.165, 1.54) is 13.2 Å². The second-order valence-corrected chi connectivity index (χ2v) is 3.85. The quantitative estimate of drug-likeness (QED) is 0.773. The fraction of sp³-hybridized carbons (Fsp3) is 0.417. The van der Waals surface area contributed by atoms with E-state index in [1.807, 2.05) is 6.07 Å². The van der Waals surface area contributed by atoms with Crippen molar-refractivity contribution in [2.24, 2.45) is 0 Å². The van der Waals surface area contributed by atoms with Gasteiger partial charge in [-0.25, -0.2) is 4.39 Å². The van der Waals surface area contributed by atoms with Crippen molar-refractivity contribution < 1.29 is 13.9 Å². The van der Waals surface area contributed by atoms with Gasteiger partial charge >= 0.3 is 5.97 Å². The number of methoxy groups -OCH3 is 1. The summed E-state index contributed by atoms with van der Waals surface area (Å²) in [5.74, 6) is -0.577. The molecule has 86 valence electrons. The lowest BCUT2D eigenvalue weighted by molar-refractivity contribution is -0.141. The number of halogens is 1. The van der Waals surface area contributed by atoms with E-state index in [9.17, 15) is 9.18 Å². The van der Waals surface area contributed by atoms with Gasteiger partial charge in [-0.1, -0.05) is 12.1 Å². The van der Waals surface area contributed by atoms with Crippen molar-refractivity contribution in [2.45, 2.75) is 18.9 Å². The van der Waals surface area contributed by atoms with Crippen LogP contribution in [0.2, 0.25) is 0 Å². The van der Waals surface area contributed by atoms with Crippen LogP contribution in [-0.2, 0) is 16.0 Å². The van der Waals surface area contributed by atoms with E-state index < -0.39 is 0 Å². The monoisotopic (exact) mass is 223 g/mol. The summed E-state index contributed by atoms with van der Waals surface area (Å²) in [6.45, 7) is 0.762. The molecule has 4 heteroatoms. The number of benzene rings is 1. The largest absolute Gasteiger partial charge is 0.469 e. The fourth-order valence-corrected chi connectivity index (χ4v) is 2.10. The van der Waals surface area contributed by atoms with Crippen molar-refractivity contribution in [1.29, 1.82) is 0 Å². The highest BCUT2D eigenvalue weighted by atomic mass is 19.1. The maximum Gasteiger partial charge on any atom is 0.307 e. The average Bonchev–Trinajstić information content (AvgIpc) is 2.29. The molecule has 0 spiro atoms. The Hall–Kier alpha value is -1.42. The van der Waals surface area contributed by atoms with E-state index in [1.54, 1.807) is 6.07 Å². The summed E-state index contributed by atoms with van der Waals surface area (Å²) in [6.07, 6.45) is 0.967. The van der Waals surface area contributed by atoms with Crippen molar-refractivity contribution in [3.8, 4) is 0 Å². The average molecular weight is 223 g/mol. The van der Waals surface area contributed by atoms with Gasteiger partial charge in [0.25, 0.3) is 0 Å². The molecule has 1 aliphatic rings. The lowest BCUT2D eigenvalue weighted by atomic mass is 9.92. The van der Waals surface area contributed by atoms with Gasteiger partial charge in [-0.15, -0.1) is 0 Å². The van der Waals surface area contributed by atoms with E-state index in [-0.39, 0.29) is 24.2 Å². The molecule has 0 bridgehead atoms. The molecule has 1 atom stereocenters. The van der Waals surface area contributed by atoms with Crippen LogP contribution in [0.4, 0.5) is 4.39 Å². The molecule has 1 heterocycles. The SMILES string of the molecule is COC(=O)CC1NCCc2cccc(F)c21. The number of fused-ring (bicyclic) bond motifs is 1. The first kappa shape index (κ1) is 11.1. The van der Waals surface area contributed by atoms with Crippen LogP contribution in [0.25, 0.3) is 0 Å². The zero-order chi connectivity index (χ0) is 11.5. The van der Waals surface area contributed by atoms with Crippen molar-refractivity contribution in [3.05, 3.63) is 35.1 Å². The maximum atomic E-state index is 13.7. The summed E-state index contributed by atoms with van der Waals surface area (Å²) in [4.78, 5) is 11.2. The van der Waals surface area contributed by atoms with Gasteiger partial charge in [0.05, 0.1) is 13.5 Å². The summed E-state index contributed by atoms with van der Waals surface area (Å²) in [5.41, 5.74) is 1.59. The lowest BCUT2D eigenvalue weighted by Gasteiger charge is -2.26. The fourth-order valence-electron chi connectivity index (χ4n) is 2.10. The maximum absolute atomic E-state index is 13.7. The molecule has 0 fully saturated rings. The third kappa shape index (κ3) is 2.07. The Bertz CT molecular complexity index is 406. The molecule has 3 nitrogen and oxygen atoms in total. The number of nitrogens with one attached hydrogen (secondary N) is 1. The topological polar surface area (TPSA) is 38.3 Å². The molecule has 16 heavy (non-hydrogen) atoms. The van der Waals surface area contributed by atoms with Gasteiger partial charge in [-0.2, -0.15) is 0 Å². The van der Waals surface area contributed by atoms with Gasteiger partial charge in [-0.05, 0) is 24.6 Å². The predicted molar refractivity (Wildman–Crippen MR) is 57.5 cm³/mol. The summed E-state index contributed by atoms with van der Waals surface area (Å²) in [5, 5.41) is 3.14. The Kier molecular flexibility index (Phi) is 3.19. The summed E-state index contributed by atoms with van der Waals surface area (Å²) in [7, 11) is 1.34. The molecule has 0 saturated carbocycles. The van der Waals surface area contributed by atoms with Crippen LogP contribution < -0.4 is 5.32 Å². The third-order valence-corrected chi connectivity index (χ3v) is 2.88. The molecular formula is C12H14FNO2. The number of ether oxygens (including phenoxy) is 1. The molecule has 0 amide bonds. The first-order valence-corrected chi connectivity index (χ1v) is 5.30. The van der Waals surface area contributed by atoms with Crippen LogP contribution in [0, 0.1) is 5.82 Å². The van der Waals surface area contributed by atoms with Crippen molar-refractivity contribution in [1.82, 2.24) is 5.32 Å². The Morgan fingerprint density at radius 3 is 3.19 bits per heavy atom. The van der Waals surface area contributed by atoms with E-state index >= 15 is 0 Å². The first-order chi connectivity index (χ1) is 7.72. The van der Waals surface area contributed by atoms with Gasteiger partial charge in [0.15, 0.2) is 0 Å². The van der Waals surface area contributed by atoms with Crippen LogP contribution >= 0.6 is 0 Å². The van der Waals surface area contributed by atoms with Crippen LogP contribution in [0.3, 0.4) is 0 Å². The van der Waals surface area contributed by atoms with Crippen molar-refractivity contribution in [2.75, 3.05) is 13.7 Å². The van der Waals surface area contributed by atoms with Crippen LogP contribution in [0.1, 0.15) is 23.6 Å². The van der Waals surface area contributed by atoms with Crippen molar-refractivity contribution in [3.63, 3.8) is 0 Å². The number of rotatable bonds is 2. The number of carbonyl (C=O) groups excluding carboxylic acids is 1. The highest BCUT2D eigenvalue weighted by Crippen LogP contribution is 2.27. The van der Waals surface area contributed by atoms with Gasteiger partial charge in [0, 0.05) is 11.6 Å². The van der Waals surface area contributed by atoms with E-state index in [4.69, 9.17) is 0 Å². The Balaban J connectivity index is 2.28. The molecule has 1 aliphatic heterocycles. The van der Waals surface area contributed by atoms with Gasteiger partial charge in [0.2, 0.25) is 0 Å². The molecule has 1 aromatic rings. The smallest absolute Gasteiger partial charge is 0.307 e. The van der Waals surface area contributed by atoms with Crippen LogP contribution in [0.15, 0.2) is 18.2 Å². The Morgan fingerprint density at radius 1 is 1.62 bits per heavy atom. The Labute approximate surface area is 93.6 Å². The highest BCUT2D eigenvalue weighted by Gasteiger charge is 2.25. The zero-order valence-corrected chi connectivity index (χ0v) is 9.13. The number of esters is 1. The molecule has 1 unspecified atom stereocenters.